The average Bonchev–Trinajstić information content (AvgIpc) is 3.14. The molecule has 5 N–H and O–H groups in total. The molecule has 0 saturated carbocycles. The van der Waals surface area contributed by atoms with Crippen molar-refractivity contribution < 1.29 is 57.7 Å². The van der Waals surface area contributed by atoms with Crippen molar-refractivity contribution in [1.29, 1.82) is 0 Å². The maximum absolute atomic E-state index is 12.0. The van der Waals surface area contributed by atoms with Gasteiger partial charge >= 0.3 is 0 Å². The van der Waals surface area contributed by atoms with Crippen LogP contribution in [0.5, 0.6) is 0 Å². The monoisotopic (exact) mass is 502 g/mol. The van der Waals surface area contributed by atoms with Gasteiger partial charge in [-0.2, -0.15) is 4.31 Å². The Morgan fingerprint density at radius 2 is 1.94 bits per heavy atom. The van der Waals surface area contributed by atoms with Crippen molar-refractivity contribution in [2.45, 2.75) is 24.5 Å². The van der Waals surface area contributed by atoms with E-state index in [9.17, 15) is 44.1 Å². The molecular weight excluding hydrogens is 489 g/mol. The number of imidazole rings is 1. The van der Waals surface area contributed by atoms with Gasteiger partial charge in [-0.05, 0) is 4.86 Å². The number of aliphatic hydroxyl groups is 2. The molecule has 0 unspecified atom stereocenters. The van der Waals surface area contributed by atoms with Crippen molar-refractivity contribution in [2.24, 2.45) is 0 Å². The fourth-order valence-electron chi connectivity index (χ4n) is 2.77. The number of rotatable bonds is 8. The molecule has 31 heavy (non-hydrogen) atoms. The molecule has 21 heteroatoms. The van der Waals surface area contributed by atoms with Crippen LogP contribution in [0.3, 0.4) is 0 Å². The third-order valence-corrected chi connectivity index (χ3v) is 8.00. The Morgan fingerprint density at radius 3 is 2.55 bits per heavy atom. The average molecular weight is 502 g/mol. The van der Waals surface area contributed by atoms with Gasteiger partial charge in [0.1, 0.15) is 31.9 Å². The van der Waals surface area contributed by atoms with Gasteiger partial charge in [0.2, 0.25) is 0 Å². The summed E-state index contributed by atoms with van der Waals surface area (Å²) in [6, 6.07) is 0. The van der Waals surface area contributed by atoms with Gasteiger partial charge in [-0.25, -0.2) is 19.5 Å². The third-order valence-electron chi connectivity index (χ3n) is 3.86. The van der Waals surface area contributed by atoms with E-state index in [1.54, 1.807) is 0 Å². The van der Waals surface area contributed by atoms with Gasteiger partial charge in [-0.15, -0.1) is 0 Å². The second-order valence-corrected chi connectivity index (χ2v) is 10.6. The van der Waals surface area contributed by atoms with Crippen LogP contribution in [-0.2, 0) is 18.1 Å². The van der Waals surface area contributed by atoms with E-state index in [1.807, 2.05) is 0 Å². The highest BCUT2D eigenvalue weighted by atomic mass is 31.3. The van der Waals surface area contributed by atoms with Crippen LogP contribution in [0.2, 0.25) is 0 Å². The highest BCUT2D eigenvalue weighted by molar-refractivity contribution is 7.73. The highest BCUT2D eigenvalue weighted by Gasteiger charge is 2.50. The molecule has 2 aromatic heterocycles. The third kappa shape index (κ3) is 5.66. The molecule has 0 spiro atoms. The first-order chi connectivity index (χ1) is 14.2. The van der Waals surface area contributed by atoms with E-state index in [-0.39, 0.29) is 17.0 Å². The normalized spacial score (nSPS) is 25.4. The minimum Gasteiger partial charge on any atom is -0.787 e. The number of nitrogens with two attached hydrogens (primary N) is 1. The van der Waals surface area contributed by atoms with Crippen molar-refractivity contribution >= 4 is 41.0 Å². The Morgan fingerprint density at radius 1 is 1.26 bits per heavy atom. The summed E-state index contributed by atoms with van der Waals surface area (Å²) >= 11 is 0. The fourth-order valence-corrected chi connectivity index (χ4v) is 6.26. The Hall–Kier alpha value is -1.04. The second kappa shape index (κ2) is 8.72. The summed E-state index contributed by atoms with van der Waals surface area (Å²) in [7, 11) is -17.8. The van der Waals surface area contributed by atoms with Crippen LogP contribution in [0.25, 0.3) is 11.2 Å². The molecule has 0 radical (unpaired) electrons. The number of hydrogen-bond acceptors (Lipinski definition) is 17. The van der Waals surface area contributed by atoms with E-state index in [0.29, 0.717) is 0 Å². The Kier molecular flexibility index (Phi) is 6.92. The van der Waals surface area contributed by atoms with Gasteiger partial charge in [0.25, 0.3) is 0 Å². The lowest BCUT2D eigenvalue weighted by atomic mass is 10.1. The van der Waals surface area contributed by atoms with E-state index < -0.39 is 55.2 Å². The summed E-state index contributed by atoms with van der Waals surface area (Å²) in [6.45, 7) is -0.885. The summed E-state index contributed by atoms with van der Waals surface area (Å²) in [5.74, 6) is -0.00348. The van der Waals surface area contributed by atoms with Crippen LogP contribution in [0.15, 0.2) is 12.7 Å². The van der Waals surface area contributed by atoms with Crippen molar-refractivity contribution in [3.8, 4) is 0 Å². The van der Waals surface area contributed by atoms with Crippen LogP contribution in [0.4, 0.5) is 5.82 Å². The Balaban J connectivity index is 1.81. The summed E-state index contributed by atoms with van der Waals surface area (Å²) in [6.07, 6.45) is -4.42. The summed E-state index contributed by atoms with van der Waals surface area (Å²) in [4.78, 5) is 79.9. The molecule has 3 heterocycles. The fraction of sp³-hybridized carbons (Fsp3) is 0.500. The topological polar surface area (TPSA) is 305 Å². The molecule has 3 rings (SSSR count). The number of nitrogens with zero attached hydrogens (tertiary/aromatic N) is 4. The van der Waals surface area contributed by atoms with E-state index >= 15 is 0 Å². The van der Waals surface area contributed by atoms with Crippen molar-refractivity contribution in [2.75, 3.05) is 12.3 Å². The molecular formula is C10H13N6O12P3-4. The van der Waals surface area contributed by atoms with Gasteiger partial charge < -0.3 is 54.6 Å². The van der Waals surface area contributed by atoms with Gasteiger partial charge in [-0.3, -0.25) is 4.57 Å². The number of aromatic nitrogens is 4. The standard InChI is InChI=1S/C10H17N6O12P3/c11-8-5-9(13-2-12-8)16(3-14-5)10-6(18)7(4(1-17)26-10)27-29(19,20)15-30(21,22)28-31(23,24)25/h2-4,6-7,10,17-18H,1H2,(H2,11,12,13)(H2,23,24,25)(H3,15,19,20,21,22)/p-4/t4-,6-,7-,10-/m1/s1. The van der Waals surface area contributed by atoms with Crippen molar-refractivity contribution in [3.63, 3.8) is 0 Å². The summed E-state index contributed by atoms with van der Waals surface area (Å²) < 4.78 is 24.6. The number of hydrogen-bond donors (Lipinski definition) is 4. The van der Waals surface area contributed by atoms with Crippen LogP contribution in [0.1, 0.15) is 6.23 Å². The highest BCUT2D eigenvalue weighted by Crippen LogP contribution is 2.58. The number of fused-ring (bicyclic) bond motifs is 1. The van der Waals surface area contributed by atoms with Crippen molar-refractivity contribution in [3.05, 3.63) is 12.7 Å². The minimum atomic E-state index is -6.11. The summed E-state index contributed by atoms with van der Waals surface area (Å²) in [5, 5.41) is 20.0. The molecule has 0 aromatic carbocycles. The number of aliphatic hydroxyl groups excluding tert-OH is 2. The molecule has 0 amide bonds. The van der Waals surface area contributed by atoms with Crippen LogP contribution in [0, 0.1) is 0 Å². The maximum Gasteiger partial charge on any atom is 0.173 e. The number of anilines is 1. The molecule has 2 aromatic rings. The zero-order valence-electron chi connectivity index (χ0n) is 14.9. The molecule has 0 bridgehead atoms. The molecule has 1 aliphatic rings. The largest absolute Gasteiger partial charge is 0.787 e. The zero-order chi connectivity index (χ0) is 23.2. The lowest BCUT2D eigenvalue weighted by molar-refractivity contribution is -0.369. The number of ether oxygens (including phenoxy) is 1. The Labute approximate surface area is 173 Å². The molecule has 1 fully saturated rings. The second-order valence-electron chi connectivity index (χ2n) is 6.02. The first-order valence-electron chi connectivity index (χ1n) is 7.94. The lowest BCUT2D eigenvalue weighted by Gasteiger charge is -2.45. The zero-order valence-corrected chi connectivity index (χ0v) is 17.5. The van der Waals surface area contributed by atoms with Gasteiger partial charge in [0, 0.05) is 0 Å². The predicted octanol–water partition coefficient (Wildman–Crippen LogP) is -6.72. The molecule has 0 aliphatic carbocycles. The van der Waals surface area contributed by atoms with E-state index in [4.69, 9.17) is 10.5 Å². The van der Waals surface area contributed by atoms with Gasteiger partial charge in [0.15, 0.2) is 40.0 Å². The van der Waals surface area contributed by atoms with E-state index in [0.717, 1.165) is 22.1 Å². The maximum atomic E-state index is 12.0. The van der Waals surface area contributed by atoms with E-state index in [2.05, 4.69) is 23.8 Å². The first kappa shape index (κ1) is 24.6. The summed E-state index contributed by atoms with van der Waals surface area (Å²) in [5.41, 5.74) is 5.86. The molecule has 174 valence electrons. The van der Waals surface area contributed by atoms with Crippen LogP contribution in [-0.4, -0.2) is 54.7 Å². The quantitative estimate of drug-likeness (QED) is 0.244. The van der Waals surface area contributed by atoms with E-state index in [1.165, 1.54) is 0 Å². The molecule has 1 saturated heterocycles. The molecule has 1 aliphatic heterocycles. The first-order valence-corrected chi connectivity index (χ1v) is 12.5. The number of nitrogens with one attached hydrogen (secondary N) is 1. The van der Waals surface area contributed by atoms with Crippen molar-refractivity contribution in [1.82, 2.24) is 24.4 Å². The number of nitrogen functional groups attached to an aromatic ring is 1. The van der Waals surface area contributed by atoms with Crippen LogP contribution >= 0.6 is 24.0 Å². The Bertz CT molecular complexity index is 985. The molecule has 18 nitrogen and oxygen atoms in total. The van der Waals surface area contributed by atoms with Crippen LogP contribution < -0.4 is 40.0 Å². The smallest absolute Gasteiger partial charge is 0.173 e. The SMILES string of the molecule is Nc1ncnc2c1ncn2[C@@H]1O[C@H](CO)[C@@H](O[P+]([O-])([O-])N[P+]([O-])([O-])OP(=O)([O-])[O-])[C@H]1O. The lowest BCUT2D eigenvalue weighted by Crippen LogP contribution is -2.48. The predicted molar refractivity (Wildman–Crippen MR) is 87.3 cm³/mol. The molecule has 4 atom stereocenters. The number of phosphoric acid groups is 1. The van der Waals surface area contributed by atoms with Gasteiger partial charge in [-0.1, -0.05) is 0 Å². The van der Waals surface area contributed by atoms with Gasteiger partial charge in [0.05, 0.1) is 12.9 Å². The minimum absolute atomic E-state index is 0.00348.